The van der Waals surface area contributed by atoms with E-state index in [-0.39, 0.29) is 5.78 Å². The van der Waals surface area contributed by atoms with Crippen molar-refractivity contribution in [1.29, 1.82) is 0 Å². The van der Waals surface area contributed by atoms with E-state index in [1.807, 2.05) is 24.3 Å². The second-order valence-electron chi connectivity index (χ2n) is 4.15. The van der Waals surface area contributed by atoms with Crippen molar-refractivity contribution in [3.05, 3.63) is 63.6 Å². The van der Waals surface area contributed by atoms with Gasteiger partial charge in [0.1, 0.15) is 0 Å². The molecule has 2 rings (SSSR count). The van der Waals surface area contributed by atoms with Crippen LogP contribution in [0.1, 0.15) is 28.4 Å². The SMILES string of the molecule is CCc1ccc(C(=O)c2cc(N)cc(Br)c2)cc1. The standard InChI is InChI=1S/C15H14BrNO/c1-2-10-3-5-11(6-4-10)15(18)12-7-13(16)9-14(17)8-12/h3-9H,2,17H2,1H3. The molecule has 0 fully saturated rings. The van der Waals surface area contributed by atoms with Gasteiger partial charge in [0.2, 0.25) is 0 Å². The lowest BCUT2D eigenvalue weighted by Gasteiger charge is -2.04. The maximum Gasteiger partial charge on any atom is 0.193 e. The molecule has 0 aliphatic rings. The molecule has 0 aromatic heterocycles. The van der Waals surface area contributed by atoms with Crippen molar-refractivity contribution < 1.29 is 4.79 Å². The molecular weight excluding hydrogens is 290 g/mol. The van der Waals surface area contributed by atoms with Crippen molar-refractivity contribution in [1.82, 2.24) is 0 Å². The summed E-state index contributed by atoms with van der Waals surface area (Å²) in [5.41, 5.74) is 8.83. The lowest BCUT2D eigenvalue weighted by Crippen LogP contribution is -2.02. The Morgan fingerprint density at radius 1 is 1.11 bits per heavy atom. The van der Waals surface area contributed by atoms with Crippen molar-refractivity contribution in [2.75, 3.05) is 5.73 Å². The van der Waals surface area contributed by atoms with Gasteiger partial charge in [-0.3, -0.25) is 4.79 Å². The summed E-state index contributed by atoms with van der Waals surface area (Å²) in [6, 6.07) is 12.9. The van der Waals surface area contributed by atoms with Gasteiger partial charge in [-0.15, -0.1) is 0 Å². The molecule has 0 saturated heterocycles. The highest BCUT2D eigenvalue weighted by molar-refractivity contribution is 9.10. The van der Waals surface area contributed by atoms with E-state index in [9.17, 15) is 4.79 Å². The molecule has 0 amide bonds. The van der Waals surface area contributed by atoms with Crippen LogP contribution in [0.25, 0.3) is 0 Å². The Morgan fingerprint density at radius 3 is 2.33 bits per heavy atom. The van der Waals surface area contributed by atoms with Gasteiger partial charge in [-0.25, -0.2) is 0 Å². The zero-order chi connectivity index (χ0) is 13.1. The van der Waals surface area contributed by atoms with Gasteiger partial charge in [-0.05, 0) is 30.2 Å². The topological polar surface area (TPSA) is 43.1 Å². The first-order valence-corrected chi connectivity index (χ1v) is 6.59. The molecule has 0 radical (unpaired) electrons. The summed E-state index contributed by atoms with van der Waals surface area (Å²) in [5.74, 6) is -0.00865. The summed E-state index contributed by atoms with van der Waals surface area (Å²) in [6.45, 7) is 2.09. The zero-order valence-electron chi connectivity index (χ0n) is 10.1. The van der Waals surface area contributed by atoms with Crippen molar-refractivity contribution in [3.63, 3.8) is 0 Å². The highest BCUT2D eigenvalue weighted by Crippen LogP contribution is 2.20. The highest BCUT2D eigenvalue weighted by Gasteiger charge is 2.10. The molecule has 92 valence electrons. The van der Waals surface area contributed by atoms with Gasteiger partial charge in [0.15, 0.2) is 5.78 Å². The van der Waals surface area contributed by atoms with E-state index in [0.717, 1.165) is 10.9 Å². The molecule has 18 heavy (non-hydrogen) atoms. The molecule has 0 atom stereocenters. The van der Waals surface area contributed by atoms with Crippen LogP contribution >= 0.6 is 15.9 Å². The van der Waals surface area contributed by atoms with Crippen LogP contribution in [-0.4, -0.2) is 5.78 Å². The van der Waals surface area contributed by atoms with Crippen LogP contribution in [0.15, 0.2) is 46.9 Å². The first-order valence-electron chi connectivity index (χ1n) is 5.80. The quantitative estimate of drug-likeness (QED) is 0.692. The van der Waals surface area contributed by atoms with E-state index in [4.69, 9.17) is 5.73 Å². The monoisotopic (exact) mass is 303 g/mol. The molecule has 2 nitrogen and oxygen atoms in total. The van der Waals surface area contributed by atoms with Gasteiger partial charge in [0.05, 0.1) is 0 Å². The minimum atomic E-state index is -0.00865. The van der Waals surface area contributed by atoms with Crippen LogP contribution in [0.4, 0.5) is 5.69 Å². The van der Waals surface area contributed by atoms with Crippen molar-refractivity contribution in [3.8, 4) is 0 Å². The van der Waals surface area contributed by atoms with Crippen LogP contribution in [-0.2, 0) is 6.42 Å². The Labute approximate surface area is 115 Å². The molecule has 0 aliphatic carbocycles. The van der Waals surface area contributed by atoms with Gasteiger partial charge in [-0.1, -0.05) is 47.1 Å². The van der Waals surface area contributed by atoms with Gasteiger partial charge in [0, 0.05) is 21.3 Å². The molecule has 3 heteroatoms. The maximum absolute atomic E-state index is 12.3. The van der Waals surface area contributed by atoms with Gasteiger partial charge in [-0.2, -0.15) is 0 Å². The van der Waals surface area contributed by atoms with Gasteiger partial charge < -0.3 is 5.73 Å². The normalized spacial score (nSPS) is 10.3. The number of rotatable bonds is 3. The predicted octanol–water partition coefficient (Wildman–Crippen LogP) is 3.82. The number of anilines is 1. The third-order valence-electron chi connectivity index (χ3n) is 2.81. The van der Waals surface area contributed by atoms with Crippen LogP contribution in [0.3, 0.4) is 0 Å². The average Bonchev–Trinajstić information content (AvgIpc) is 2.37. The first-order chi connectivity index (χ1) is 8.60. The summed E-state index contributed by atoms with van der Waals surface area (Å²) in [7, 11) is 0. The van der Waals surface area contributed by atoms with Crippen LogP contribution < -0.4 is 5.73 Å². The minimum absolute atomic E-state index is 0.00865. The Kier molecular flexibility index (Phi) is 3.82. The summed E-state index contributed by atoms with van der Waals surface area (Å²) >= 11 is 3.34. The number of nitrogen functional groups attached to an aromatic ring is 1. The predicted molar refractivity (Wildman–Crippen MR) is 77.8 cm³/mol. The van der Waals surface area contributed by atoms with E-state index in [0.29, 0.717) is 16.8 Å². The number of halogens is 1. The summed E-state index contributed by atoms with van der Waals surface area (Å²) < 4.78 is 0.816. The largest absolute Gasteiger partial charge is 0.399 e. The van der Waals surface area contributed by atoms with Crippen LogP contribution in [0.2, 0.25) is 0 Å². The van der Waals surface area contributed by atoms with E-state index < -0.39 is 0 Å². The van der Waals surface area contributed by atoms with E-state index in [1.54, 1.807) is 18.2 Å². The third-order valence-corrected chi connectivity index (χ3v) is 3.26. The fourth-order valence-electron chi connectivity index (χ4n) is 1.80. The Bertz CT molecular complexity index is 555. The lowest BCUT2D eigenvalue weighted by molar-refractivity contribution is 0.103. The second-order valence-corrected chi connectivity index (χ2v) is 5.07. The number of carbonyl (C=O) groups excluding carboxylic acids is 1. The smallest absolute Gasteiger partial charge is 0.193 e. The molecule has 0 unspecified atom stereocenters. The first kappa shape index (κ1) is 12.8. The number of hydrogen-bond acceptors (Lipinski definition) is 2. The maximum atomic E-state index is 12.3. The molecular formula is C15H14BrNO. The summed E-state index contributed by atoms with van der Waals surface area (Å²) in [5, 5.41) is 0. The zero-order valence-corrected chi connectivity index (χ0v) is 11.7. The van der Waals surface area contributed by atoms with E-state index >= 15 is 0 Å². The number of aryl methyl sites for hydroxylation is 1. The number of carbonyl (C=O) groups is 1. The van der Waals surface area contributed by atoms with Crippen LogP contribution in [0, 0.1) is 0 Å². The van der Waals surface area contributed by atoms with Gasteiger partial charge in [0.25, 0.3) is 0 Å². The highest BCUT2D eigenvalue weighted by atomic mass is 79.9. The molecule has 2 aromatic rings. The Morgan fingerprint density at radius 2 is 1.78 bits per heavy atom. The average molecular weight is 304 g/mol. The Hall–Kier alpha value is -1.61. The van der Waals surface area contributed by atoms with Crippen molar-refractivity contribution >= 4 is 27.4 Å². The molecule has 0 aliphatic heterocycles. The fourth-order valence-corrected chi connectivity index (χ4v) is 2.31. The number of ketones is 1. The van der Waals surface area contributed by atoms with Crippen molar-refractivity contribution in [2.24, 2.45) is 0 Å². The molecule has 2 aromatic carbocycles. The number of benzene rings is 2. The molecule has 0 spiro atoms. The fraction of sp³-hybridized carbons (Fsp3) is 0.133. The van der Waals surface area contributed by atoms with E-state index in [1.165, 1.54) is 5.56 Å². The lowest BCUT2D eigenvalue weighted by atomic mass is 10.0. The molecule has 2 N–H and O–H groups in total. The Balaban J connectivity index is 2.34. The molecule has 0 saturated carbocycles. The molecule has 0 heterocycles. The van der Waals surface area contributed by atoms with Gasteiger partial charge >= 0.3 is 0 Å². The van der Waals surface area contributed by atoms with Crippen LogP contribution in [0.5, 0.6) is 0 Å². The number of nitrogens with two attached hydrogens (primary N) is 1. The third kappa shape index (κ3) is 2.79. The summed E-state index contributed by atoms with van der Waals surface area (Å²) in [6.07, 6.45) is 0.971. The minimum Gasteiger partial charge on any atom is -0.399 e. The summed E-state index contributed by atoms with van der Waals surface area (Å²) in [4.78, 5) is 12.3. The van der Waals surface area contributed by atoms with E-state index in [2.05, 4.69) is 22.9 Å². The molecule has 0 bridgehead atoms. The number of hydrogen-bond donors (Lipinski definition) is 1. The second kappa shape index (κ2) is 5.36. The van der Waals surface area contributed by atoms with Crippen molar-refractivity contribution in [2.45, 2.75) is 13.3 Å².